The van der Waals surface area contributed by atoms with E-state index in [0.717, 1.165) is 31.4 Å². The molecule has 0 saturated carbocycles. The Balaban J connectivity index is 1.91. The molecule has 3 aromatic carbocycles. The Bertz CT molecular complexity index is 958. The van der Waals surface area contributed by atoms with Crippen LogP contribution < -0.4 is 4.74 Å². The fraction of sp³-hybridized carbons (Fsp3) is 0.0455. The minimum atomic E-state index is 0.476. The number of nitrogens with zero attached hydrogens (tertiary/aromatic N) is 1. The van der Waals surface area contributed by atoms with Gasteiger partial charge in [-0.1, -0.05) is 74.3 Å². The van der Waals surface area contributed by atoms with Crippen molar-refractivity contribution in [2.45, 2.75) is 6.61 Å². The Labute approximate surface area is 170 Å². The Kier molecular flexibility index (Phi) is 6.27. The van der Waals surface area contributed by atoms with E-state index in [9.17, 15) is 5.26 Å². The molecule has 3 rings (SSSR count). The molecule has 0 bridgehead atoms. The predicted molar refractivity (Wildman–Crippen MR) is 113 cm³/mol. The molecule has 0 aliphatic rings. The number of rotatable bonds is 5. The Hall–Kier alpha value is -2.35. The zero-order valence-corrected chi connectivity index (χ0v) is 17.0. The summed E-state index contributed by atoms with van der Waals surface area (Å²) in [6.45, 7) is 0.476. The first-order valence-corrected chi connectivity index (χ1v) is 9.58. The molecule has 0 aliphatic heterocycles. The highest BCUT2D eigenvalue weighted by Crippen LogP contribution is 2.29. The number of hydrogen-bond donors (Lipinski definition) is 0. The first-order valence-electron chi connectivity index (χ1n) is 8.00. The first kappa shape index (κ1) is 18.4. The highest BCUT2D eigenvalue weighted by Gasteiger charge is 2.07. The summed E-state index contributed by atoms with van der Waals surface area (Å²) in [5.74, 6) is 0.738. The van der Waals surface area contributed by atoms with Crippen molar-refractivity contribution in [3.63, 3.8) is 0 Å². The van der Waals surface area contributed by atoms with Crippen molar-refractivity contribution in [1.82, 2.24) is 0 Å². The van der Waals surface area contributed by atoms with Gasteiger partial charge in [0.1, 0.15) is 12.4 Å². The highest BCUT2D eigenvalue weighted by molar-refractivity contribution is 9.10. The summed E-state index contributed by atoms with van der Waals surface area (Å²) in [7, 11) is 0. The van der Waals surface area contributed by atoms with E-state index in [0.29, 0.717) is 12.2 Å². The fourth-order valence-corrected chi connectivity index (χ4v) is 3.11. The Morgan fingerprint density at radius 2 is 1.62 bits per heavy atom. The smallest absolute Gasteiger partial charge is 0.127 e. The van der Waals surface area contributed by atoms with Crippen molar-refractivity contribution >= 4 is 43.5 Å². The van der Waals surface area contributed by atoms with E-state index in [4.69, 9.17) is 4.74 Å². The molecule has 0 heterocycles. The van der Waals surface area contributed by atoms with E-state index in [1.54, 1.807) is 0 Å². The van der Waals surface area contributed by atoms with Gasteiger partial charge in [-0.05, 0) is 47.5 Å². The Morgan fingerprint density at radius 1 is 0.923 bits per heavy atom. The lowest BCUT2D eigenvalue weighted by atomic mass is 10.0. The maximum absolute atomic E-state index is 9.60. The zero-order valence-electron chi connectivity index (χ0n) is 13.8. The monoisotopic (exact) mass is 467 g/mol. The van der Waals surface area contributed by atoms with Crippen LogP contribution in [0.25, 0.3) is 11.6 Å². The van der Waals surface area contributed by atoms with Crippen LogP contribution in [-0.4, -0.2) is 0 Å². The number of allylic oxidation sites excluding steroid dienone is 1. The minimum absolute atomic E-state index is 0.476. The van der Waals surface area contributed by atoms with Gasteiger partial charge < -0.3 is 4.74 Å². The number of halogens is 2. The quantitative estimate of drug-likeness (QED) is 0.302. The van der Waals surface area contributed by atoms with Gasteiger partial charge in [0.05, 0.1) is 11.6 Å². The van der Waals surface area contributed by atoms with Crippen molar-refractivity contribution in [1.29, 1.82) is 5.26 Å². The van der Waals surface area contributed by atoms with Crippen molar-refractivity contribution in [2.24, 2.45) is 0 Å². The van der Waals surface area contributed by atoms with Gasteiger partial charge in [-0.25, -0.2) is 0 Å². The molecule has 26 heavy (non-hydrogen) atoms. The van der Waals surface area contributed by atoms with Crippen LogP contribution in [0.2, 0.25) is 0 Å². The van der Waals surface area contributed by atoms with Crippen molar-refractivity contribution < 1.29 is 4.74 Å². The predicted octanol–water partition coefficient (Wildman–Crippen LogP) is 6.85. The van der Waals surface area contributed by atoms with Gasteiger partial charge in [-0.2, -0.15) is 5.26 Å². The van der Waals surface area contributed by atoms with E-state index < -0.39 is 0 Å². The second kappa shape index (κ2) is 8.84. The third kappa shape index (κ3) is 4.85. The van der Waals surface area contributed by atoms with Gasteiger partial charge in [0.15, 0.2) is 0 Å². The summed E-state index contributed by atoms with van der Waals surface area (Å²) in [6.07, 6.45) is 1.86. The lowest BCUT2D eigenvalue weighted by Crippen LogP contribution is -1.97. The molecule has 0 saturated heterocycles. The molecule has 4 heteroatoms. The van der Waals surface area contributed by atoms with Gasteiger partial charge in [0.25, 0.3) is 0 Å². The van der Waals surface area contributed by atoms with E-state index in [1.807, 2.05) is 78.9 Å². The molecular weight excluding hydrogens is 454 g/mol. The number of ether oxygens (including phenoxy) is 1. The maximum Gasteiger partial charge on any atom is 0.127 e. The van der Waals surface area contributed by atoms with Gasteiger partial charge in [-0.15, -0.1) is 0 Å². The molecule has 0 amide bonds. The summed E-state index contributed by atoms with van der Waals surface area (Å²) in [5.41, 5.74) is 3.40. The normalized spacial score (nSPS) is 11.0. The molecule has 2 nitrogen and oxygen atoms in total. The third-order valence-corrected chi connectivity index (χ3v) is 4.81. The lowest BCUT2D eigenvalue weighted by molar-refractivity contribution is 0.305. The average molecular weight is 469 g/mol. The average Bonchev–Trinajstić information content (AvgIpc) is 2.67. The second-order valence-corrected chi connectivity index (χ2v) is 7.46. The second-order valence-electron chi connectivity index (χ2n) is 5.63. The van der Waals surface area contributed by atoms with Crippen LogP contribution in [0.1, 0.15) is 16.7 Å². The van der Waals surface area contributed by atoms with Crippen LogP contribution in [0.5, 0.6) is 5.75 Å². The topological polar surface area (TPSA) is 33.0 Å². The van der Waals surface area contributed by atoms with Crippen LogP contribution in [0.4, 0.5) is 0 Å². The fourth-order valence-electron chi connectivity index (χ4n) is 2.46. The van der Waals surface area contributed by atoms with Crippen LogP contribution in [0.15, 0.2) is 81.7 Å². The van der Waals surface area contributed by atoms with Crippen LogP contribution >= 0.6 is 31.9 Å². The summed E-state index contributed by atoms with van der Waals surface area (Å²) in [5, 5.41) is 9.60. The van der Waals surface area contributed by atoms with Gasteiger partial charge in [0.2, 0.25) is 0 Å². The van der Waals surface area contributed by atoms with Crippen LogP contribution in [-0.2, 0) is 6.61 Å². The molecule has 0 spiro atoms. The van der Waals surface area contributed by atoms with Crippen molar-refractivity contribution in [3.8, 4) is 11.8 Å². The maximum atomic E-state index is 9.60. The highest BCUT2D eigenvalue weighted by atomic mass is 79.9. The molecule has 0 fully saturated rings. The van der Waals surface area contributed by atoms with Crippen molar-refractivity contribution in [3.05, 3.63) is 98.4 Å². The van der Waals surface area contributed by atoms with Crippen LogP contribution in [0, 0.1) is 11.3 Å². The molecule has 128 valence electrons. The summed E-state index contributed by atoms with van der Waals surface area (Å²) in [6, 6.07) is 25.8. The zero-order chi connectivity index (χ0) is 18.4. The van der Waals surface area contributed by atoms with Gasteiger partial charge in [-0.3, -0.25) is 0 Å². The SMILES string of the molecule is N#C/C(=C\c1cc(Br)ccc1OCc1ccccc1)c1ccc(Br)cc1. The summed E-state index contributed by atoms with van der Waals surface area (Å²) in [4.78, 5) is 0. The van der Waals surface area contributed by atoms with E-state index in [1.165, 1.54) is 0 Å². The van der Waals surface area contributed by atoms with E-state index in [-0.39, 0.29) is 0 Å². The molecule has 0 radical (unpaired) electrons. The molecule has 0 unspecified atom stereocenters. The van der Waals surface area contributed by atoms with Gasteiger partial charge >= 0.3 is 0 Å². The standard InChI is InChI=1S/C22H15Br2NO/c23-20-8-6-17(7-9-20)19(14-25)12-18-13-21(24)10-11-22(18)26-15-16-4-2-1-3-5-16/h1-13H,15H2/b19-12+. The largest absolute Gasteiger partial charge is 0.488 e. The molecule has 3 aromatic rings. The molecular formula is C22H15Br2NO. The molecule has 0 aliphatic carbocycles. The number of hydrogen-bond acceptors (Lipinski definition) is 2. The van der Waals surface area contributed by atoms with E-state index in [2.05, 4.69) is 37.9 Å². The lowest BCUT2D eigenvalue weighted by Gasteiger charge is -2.11. The molecule has 0 aromatic heterocycles. The Morgan fingerprint density at radius 3 is 2.31 bits per heavy atom. The third-order valence-electron chi connectivity index (χ3n) is 3.78. The van der Waals surface area contributed by atoms with Crippen LogP contribution in [0.3, 0.4) is 0 Å². The molecule has 0 N–H and O–H groups in total. The summed E-state index contributed by atoms with van der Waals surface area (Å²) >= 11 is 6.91. The number of benzene rings is 3. The van der Waals surface area contributed by atoms with E-state index >= 15 is 0 Å². The number of nitriles is 1. The molecule has 0 atom stereocenters. The minimum Gasteiger partial charge on any atom is -0.488 e. The van der Waals surface area contributed by atoms with Crippen molar-refractivity contribution in [2.75, 3.05) is 0 Å². The van der Waals surface area contributed by atoms with Gasteiger partial charge in [0, 0.05) is 14.5 Å². The first-order chi connectivity index (χ1) is 12.7. The summed E-state index contributed by atoms with van der Waals surface area (Å²) < 4.78 is 7.91.